The third kappa shape index (κ3) is 4.70. The van der Waals surface area contributed by atoms with Gasteiger partial charge in [-0.15, -0.1) is 0 Å². The molecule has 0 spiro atoms. The molecule has 1 N–H and O–H groups in total. The number of halogens is 2. The number of benzene rings is 1. The molecule has 1 aromatic carbocycles. The van der Waals surface area contributed by atoms with Gasteiger partial charge in [-0.1, -0.05) is 6.07 Å². The summed E-state index contributed by atoms with van der Waals surface area (Å²) in [6.45, 7) is 4.31. The van der Waals surface area contributed by atoms with Gasteiger partial charge in [0.2, 0.25) is 5.92 Å². The average molecular weight is 427 g/mol. The Balaban J connectivity index is 1.52. The van der Waals surface area contributed by atoms with Gasteiger partial charge in [0.1, 0.15) is 23.9 Å². The zero-order valence-electron chi connectivity index (χ0n) is 18.0. The molecular weight excluding hydrogens is 400 g/mol. The van der Waals surface area contributed by atoms with Crippen LogP contribution in [0.1, 0.15) is 54.2 Å². The van der Waals surface area contributed by atoms with Crippen LogP contribution in [0.2, 0.25) is 0 Å². The highest BCUT2D eigenvalue weighted by Gasteiger charge is 2.36. The van der Waals surface area contributed by atoms with Gasteiger partial charge in [0.05, 0.1) is 19.0 Å². The Morgan fingerprint density at radius 2 is 1.84 bits per heavy atom. The number of aromatic nitrogens is 3. The SMILES string of the molecule is COc1c(-c2cnc(C3CCC(F)(F)CC3)[nH]2)ccc(OCc2ccc(C)nc2)c1C. The molecule has 0 bridgehead atoms. The first-order valence-electron chi connectivity index (χ1n) is 10.5. The number of H-pyrrole nitrogens is 1. The fraction of sp³-hybridized carbons (Fsp3) is 0.417. The van der Waals surface area contributed by atoms with Crippen molar-refractivity contribution in [2.24, 2.45) is 0 Å². The molecular formula is C24H27F2N3O2. The highest BCUT2D eigenvalue weighted by atomic mass is 19.3. The minimum absolute atomic E-state index is 0.0335. The molecule has 7 heteroatoms. The van der Waals surface area contributed by atoms with Crippen LogP contribution >= 0.6 is 0 Å². The van der Waals surface area contributed by atoms with E-state index in [1.807, 2.05) is 44.3 Å². The first-order valence-corrected chi connectivity index (χ1v) is 10.5. The third-order valence-electron chi connectivity index (χ3n) is 5.92. The lowest BCUT2D eigenvalue weighted by Gasteiger charge is -2.26. The lowest BCUT2D eigenvalue weighted by Crippen LogP contribution is -2.24. The van der Waals surface area contributed by atoms with Gasteiger partial charge in [-0.05, 0) is 44.9 Å². The van der Waals surface area contributed by atoms with Gasteiger partial charge in [0, 0.05) is 47.3 Å². The summed E-state index contributed by atoms with van der Waals surface area (Å²) >= 11 is 0. The number of rotatable bonds is 6. The second-order valence-corrected chi connectivity index (χ2v) is 8.18. The quantitative estimate of drug-likeness (QED) is 0.527. The predicted octanol–water partition coefficient (Wildman–Crippen LogP) is 5.97. The number of imidazole rings is 1. The van der Waals surface area contributed by atoms with E-state index in [2.05, 4.69) is 15.0 Å². The zero-order valence-corrected chi connectivity index (χ0v) is 18.0. The molecule has 5 nitrogen and oxygen atoms in total. The summed E-state index contributed by atoms with van der Waals surface area (Å²) in [4.78, 5) is 12.1. The molecule has 0 radical (unpaired) electrons. The number of methoxy groups -OCH3 is 1. The maximum atomic E-state index is 13.5. The van der Waals surface area contributed by atoms with Crippen LogP contribution in [0.3, 0.4) is 0 Å². The van der Waals surface area contributed by atoms with Gasteiger partial charge in [-0.25, -0.2) is 13.8 Å². The van der Waals surface area contributed by atoms with Crippen LogP contribution in [-0.4, -0.2) is 28.0 Å². The van der Waals surface area contributed by atoms with Crippen molar-refractivity contribution in [1.29, 1.82) is 0 Å². The van der Waals surface area contributed by atoms with E-state index in [1.54, 1.807) is 13.3 Å². The van der Waals surface area contributed by atoms with Crippen LogP contribution in [0.4, 0.5) is 8.78 Å². The molecule has 164 valence electrons. The number of nitrogens with one attached hydrogen (secondary N) is 1. The largest absolute Gasteiger partial charge is 0.496 e. The number of aryl methyl sites for hydroxylation is 1. The molecule has 31 heavy (non-hydrogen) atoms. The molecule has 0 unspecified atom stereocenters. The Morgan fingerprint density at radius 3 is 2.52 bits per heavy atom. The van der Waals surface area contributed by atoms with Crippen LogP contribution in [0.5, 0.6) is 11.5 Å². The summed E-state index contributed by atoms with van der Waals surface area (Å²) in [5.74, 6) is -0.319. The Hall–Kier alpha value is -2.96. The predicted molar refractivity (Wildman–Crippen MR) is 115 cm³/mol. The van der Waals surface area contributed by atoms with E-state index >= 15 is 0 Å². The molecule has 1 aliphatic carbocycles. The summed E-state index contributed by atoms with van der Waals surface area (Å²) in [5, 5.41) is 0. The Bertz CT molecular complexity index is 1040. The Labute approximate surface area is 180 Å². The lowest BCUT2D eigenvalue weighted by atomic mass is 9.86. The normalized spacial score (nSPS) is 16.3. The number of hydrogen-bond donors (Lipinski definition) is 1. The number of ether oxygens (including phenoxy) is 2. The zero-order chi connectivity index (χ0) is 22.0. The van der Waals surface area contributed by atoms with Gasteiger partial charge < -0.3 is 14.5 Å². The topological polar surface area (TPSA) is 60.0 Å². The minimum Gasteiger partial charge on any atom is -0.496 e. The Kier molecular flexibility index (Phi) is 5.94. The highest BCUT2D eigenvalue weighted by Crippen LogP contribution is 2.42. The first kappa shape index (κ1) is 21.3. The van der Waals surface area contributed by atoms with Crippen LogP contribution in [0.15, 0.2) is 36.7 Å². The van der Waals surface area contributed by atoms with Crippen molar-refractivity contribution in [2.75, 3.05) is 7.11 Å². The third-order valence-corrected chi connectivity index (χ3v) is 5.92. The minimum atomic E-state index is -2.54. The van der Waals surface area contributed by atoms with E-state index in [4.69, 9.17) is 9.47 Å². The number of pyridine rings is 1. The van der Waals surface area contributed by atoms with E-state index < -0.39 is 5.92 Å². The summed E-state index contributed by atoms with van der Waals surface area (Å²) in [5.41, 5.74) is 4.51. The lowest BCUT2D eigenvalue weighted by molar-refractivity contribution is -0.0387. The maximum Gasteiger partial charge on any atom is 0.248 e. The van der Waals surface area contributed by atoms with E-state index in [0.717, 1.165) is 39.7 Å². The van der Waals surface area contributed by atoms with Crippen LogP contribution in [0.25, 0.3) is 11.3 Å². The molecule has 0 atom stereocenters. The van der Waals surface area contributed by atoms with Gasteiger partial charge in [0.15, 0.2) is 0 Å². The number of aromatic amines is 1. The second-order valence-electron chi connectivity index (χ2n) is 8.18. The van der Waals surface area contributed by atoms with E-state index in [1.165, 1.54) is 0 Å². The van der Waals surface area contributed by atoms with Crippen molar-refractivity contribution in [1.82, 2.24) is 15.0 Å². The van der Waals surface area contributed by atoms with E-state index in [9.17, 15) is 8.78 Å². The van der Waals surface area contributed by atoms with Crippen LogP contribution in [-0.2, 0) is 6.61 Å². The van der Waals surface area contributed by atoms with E-state index in [-0.39, 0.29) is 18.8 Å². The van der Waals surface area contributed by atoms with Crippen LogP contribution < -0.4 is 9.47 Å². The highest BCUT2D eigenvalue weighted by molar-refractivity contribution is 5.71. The maximum absolute atomic E-state index is 13.5. The standard InChI is InChI=1S/C24H27F2N3O2/c1-15-4-5-17(12-27-15)14-31-21-7-6-19(22(30-3)16(21)2)20-13-28-23(29-20)18-8-10-24(25,26)11-9-18/h4-7,12-13,18H,8-11,14H2,1-3H3,(H,28,29). The molecule has 0 aliphatic heterocycles. The smallest absolute Gasteiger partial charge is 0.248 e. The molecule has 1 fully saturated rings. The van der Waals surface area contributed by atoms with Crippen molar-refractivity contribution in [3.63, 3.8) is 0 Å². The Morgan fingerprint density at radius 1 is 1.06 bits per heavy atom. The average Bonchev–Trinajstić information content (AvgIpc) is 3.23. The number of hydrogen-bond acceptors (Lipinski definition) is 4. The van der Waals surface area contributed by atoms with Crippen LogP contribution in [0, 0.1) is 13.8 Å². The molecule has 3 aromatic rings. The first-order chi connectivity index (χ1) is 14.9. The van der Waals surface area contributed by atoms with Crippen molar-refractivity contribution in [3.8, 4) is 22.8 Å². The van der Waals surface area contributed by atoms with Crippen molar-refractivity contribution >= 4 is 0 Å². The van der Waals surface area contributed by atoms with Crippen molar-refractivity contribution in [2.45, 2.75) is 58.0 Å². The van der Waals surface area contributed by atoms with Gasteiger partial charge >= 0.3 is 0 Å². The monoisotopic (exact) mass is 427 g/mol. The molecule has 0 amide bonds. The molecule has 0 saturated heterocycles. The van der Waals surface area contributed by atoms with Crippen molar-refractivity contribution in [3.05, 3.63) is 59.3 Å². The molecule has 1 saturated carbocycles. The summed E-state index contributed by atoms with van der Waals surface area (Å²) in [7, 11) is 1.63. The van der Waals surface area contributed by atoms with Gasteiger partial charge in [0.25, 0.3) is 0 Å². The fourth-order valence-electron chi connectivity index (χ4n) is 4.04. The molecule has 2 heterocycles. The molecule has 1 aliphatic rings. The van der Waals surface area contributed by atoms with Crippen molar-refractivity contribution < 1.29 is 18.3 Å². The summed E-state index contributed by atoms with van der Waals surface area (Å²) in [6.07, 6.45) is 4.27. The molecule has 2 aromatic heterocycles. The van der Waals surface area contributed by atoms with Gasteiger partial charge in [-0.3, -0.25) is 4.98 Å². The fourth-order valence-corrected chi connectivity index (χ4v) is 4.04. The summed E-state index contributed by atoms with van der Waals surface area (Å²) < 4.78 is 38.6. The van der Waals surface area contributed by atoms with E-state index in [0.29, 0.717) is 25.2 Å². The number of alkyl halides is 2. The summed E-state index contributed by atoms with van der Waals surface area (Å²) in [6, 6.07) is 7.80. The second kappa shape index (κ2) is 8.65. The number of nitrogens with zero attached hydrogens (tertiary/aromatic N) is 2. The molecule has 4 rings (SSSR count). The van der Waals surface area contributed by atoms with Gasteiger partial charge in [-0.2, -0.15) is 0 Å².